The number of nitrogens with zero attached hydrogens (tertiary/aromatic N) is 1. The molecular formula is C24H30N4O. The molecule has 7 atom stereocenters. The maximum atomic E-state index is 12.9. The number of benzene rings is 1. The third-order valence-corrected chi connectivity index (χ3v) is 7.45. The predicted molar refractivity (Wildman–Crippen MR) is 113 cm³/mol. The average Bonchev–Trinajstić information content (AvgIpc) is 3.14. The molecule has 7 unspecified atom stereocenters. The Labute approximate surface area is 172 Å². The van der Waals surface area contributed by atoms with Crippen molar-refractivity contribution < 1.29 is 4.79 Å². The van der Waals surface area contributed by atoms with E-state index in [2.05, 4.69) is 64.5 Å². The van der Waals surface area contributed by atoms with Gasteiger partial charge in [0.2, 0.25) is 5.91 Å². The van der Waals surface area contributed by atoms with E-state index in [4.69, 9.17) is 0 Å². The maximum Gasteiger partial charge on any atom is 0.223 e. The zero-order chi connectivity index (χ0) is 20.0. The Morgan fingerprint density at radius 1 is 1.03 bits per heavy atom. The van der Waals surface area contributed by atoms with Gasteiger partial charge in [0.25, 0.3) is 0 Å². The molecule has 2 saturated heterocycles. The number of hydrazine groups is 1. The van der Waals surface area contributed by atoms with E-state index in [1.165, 1.54) is 11.1 Å². The molecular weight excluding hydrogens is 360 g/mol. The molecule has 1 aromatic carbocycles. The zero-order valence-electron chi connectivity index (χ0n) is 17.1. The van der Waals surface area contributed by atoms with E-state index in [0.29, 0.717) is 23.9 Å². The first-order valence-corrected chi connectivity index (χ1v) is 10.9. The lowest BCUT2D eigenvalue weighted by Crippen LogP contribution is -2.56. The lowest BCUT2D eigenvalue weighted by molar-refractivity contribution is -0.131. The van der Waals surface area contributed by atoms with Gasteiger partial charge in [0.1, 0.15) is 0 Å². The fourth-order valence-electron chi connectivity index (χ4n) is 5.83. The van der Waals surface area contributed by atoms with Crippen LogP contribution in [-0.4, -0.2) is 23.0 Å². The molecule has 1 aliphatic carbocycles. The van der Waals surface area contributed by atoms with E-state index in [1.807, 2.05) is 19.2 Å². The molecule has 0 bridgehead atoms. The van der Waals surface area contributed by atoms with Crippen LogP contribution in [0, 0.1) is 24.7 Å². The standard InChI is InChI=1S/C24H30N4O/c1-14-10-17(8-9-25-14)23-20-12-18-11-19(15(2)16-6-4-3-5-7-16)24(29)26-21(18)13-22(20)27-28-23/h3-10,15,18-23,27-28H,11-13H2,1-2H3,(H,26,29). The van der Waals surface area contributed by atoms with Gasteiger partial charge in [-0.25, -0.2) is 5.43 Å². The van der Waals surface area contributed by atoms with E-state index in [0.717, 1.165) is 25.0 Å². The fraction of sp³-hybridized carbons (Fsp3) is 0.500. The molecule has 2 aliphatic heterocycles. The topological polar surface area (TPSA) is 66.0 Å². The molecule has 152 valence electrons. The second kappa shape index (κ2) is 7.54. The van der Waals surface area contributed by atoms with Crippen molar-refractivity contribution in [3.8, 4) is 0 Å². The lowest BCUT2D eigenvalue weighted by atomic mass is 9.66. The highest BCUT2D eigenvalue weighted by Gasteiger charge is 2.48. The van der Waals surface area contributed by atoms with Crippen molar-refractivity contribution >= 4 is 5.91 Å². The third kappa shape index (κ3) is 3.47. The molecule has 0 spiro atoms. The largest absolute Gasteiger partial charge is 0.353 e. The van der Waals surface area contributed by atoms with Crippen LogP contribution in [0.15, 0.2) is 48.7 Å². The van der Waals surface area contributed by atoms with Gasteiger partial charge >= 0.3 is 0 Å². The van der Waals surface area contributed by atoms with E-state index in [9.17, 15) is 4.79 Å². The Balaban J connectivity index is 1.34. The highest BCUT2D eigenvalue weighted by molar-refractivity contribution is 5.81. The number of hydrogen-bond acceptors (Lipinski definition) is 4. The summed E-state index contributed by atoms with van der Waals surface area (Å²) in [7, 11) is 0. The van der Waals surface area contributed by atoms with Gasteiger partial charge in [-0.05, 0) is 67.2 Å². The van der Waals surface area contributed by atoms with Crippen LogP contribution in [-0.2, 0) is 4.79 Å². The second-order valence-corrected chi connectivity index (χ2v) is 9.16. The molecule has 3 N–H and O–H groups in total. The van der Waals surface area contributed by atoms with Gasteiger partial charge in [-0.15, -0.1) is 0 Å². The summed E-state index contributed by atoms with van der Waals surface area (Å²) in [5, 5.41) is 3.38. The highest BCUT2D eigenvalue weighted by Crippen LogP contribution is 2.45. The molecule has 5 rings (SSSR count). The van der Waals surface area contributed by atoms with Crippen molar-refractivity contribution in [3.63, 3.8) is 0 Å². The van der Waals surface area contributed by atoms with Gasteiger partial charge in [-0.2, -0.15) is 0 Å². The SMILES string of the molecule is Cc1cc(C2NNC3CC4NC(=O)C(C(C)c5ccccc5)CC4CC32)ccn1. The minimum absolute atomic E-state index is 0.0548. The number of fused-ring (bicyclic) bond motifs is 2. The van der Waals surface area contributed by atoms with E-state index in [1.54, 1.807) is 0 Å². The second-order valence-electron chi connectivity index (χ2n) is 9.16. The van der Waals surface area contributed by atoms with Gasteiger partial charge in [-0.1, -0.05) is 37.3 Å². The minimum atomic E-state index is 0.0548. The maximum absolute atomic E-state index is 12.9. The quantitative estimate of drug-likeness (QED) is 0.753. The van der Waals surface area contributed by atoms with Gasteiger partial charge in [0.05, 0.1) is 6.04 Å². The summed E-state index contributed by atoms with van der Waals surface area (Å²) in [5.41, 5.74) is 10.7. The van der Waals surface area contributed by atoms with Gasteiger partial charge < -0.3 is 5.32 Å². The summed E-state index contributed by atoms with van der Waals surface area (Å²) >= 11 is 0. The molecule has 29 heavy (non-hydrogen) atoms. The number of pyridine rings is 1. The number of nitrogens with one attached hydrogen (secondary N) is 3. The van der Waals surface area contributed by atoms with Crippen LogP contribution in [0.4, 0.5) is 0 Å². The molecule has 5 nitrogen and oxygen atoms in total. The molecule has 3 aliphatic rings. The predicted octanol–water partition coefficient (Wildman–Crippen LogP) is 3.24. The number of aryl methyl sites for hydroxylation is 1. The lowest BCUT2D eigenvalue weighted by Gasteiger charge is -2.45. The number of carbonyl (C=O) groups is 1. The van der Waals surface area contributed by atoms with Crippen LogP contribution < -0.4 is 16.2 Å². The minimum Gasteiger partial charge on any atom is -0.353 e. The first-order chi connectivity index (χ1) is 14.1. The summed E-state index contributed by atoms with van der Waals surface area (Å²) in [6.45, 7) is 4.25. The summed E-state index contributed by atoms with van der Waals surface area (Å²) in [4.78, 5) is 17.3. The number of aromatic nitrogens is 1. The fourth-order valence-corrected chi connectivity index (χ4v) is 5.83. The van der Waals surface area contributed by atoms with Crippen LogP contribution in [0.2, 0.25) is 0 Å². The average molecular weight is 391 g/mol. The van der Waals surface area contributed by atoms with E-state index in [-0.39, 0.29) is 23.8 Å². The Morgan fingerprint density at radius 2 is 1.86 bits per heavy atom. The van der Waals surface area contributed by atoms with Crippen LogP contribution in [0.3, 0.4) is 0 Å². The third-order valence-electron chi connectivity index (χ3n) is 7.45. The molecule has 5 heteroatoms. The van der Waals surface area contributed by atoms with Gasteiger partial charge in [0.15, 0.2) is 0 Å². The first-order valence-electron chi connectivity index (χ1n) is 10.9. The van der Waals surface area contributed by atoms with Crippen molar-refractivity contribution in [3.05, 3.63) is 65.5 Å². The normalized spacial score (nSPS) is 34.8. The zero-order valence-corrected chi connectivity index (χ0v) is 17.1. The van der Waals surface area contributed by atoms with Crippen molar-refractivity contribution in [2.75, 3.05) is 0 Å². The Hall–Kier alpha value is -2.24. The Bertz CT molecular complexity index is 885. The van der Waals surface area contributed by atoms with Crippen LogP contribution in [0.25, 0.3) is 0 Å². The first kappa shape index (κ1) is 18.8. The van der Waals surface area contributed by atoms with E-state index >= 15 is 0 Å². The Kier molecular flexibility index (Phi) is 4.88. The number of amides is 1. The molecule has 1 amide bonds. The summed E-state index contributed by atoms with van der Waals surface area (Å²) in [6.07, 6.45) is 5.03. The van der Waals surface area contributed by atoms with Crippen molar-refractivity contribution in [2.24, 2.45) is 17.8 Å². The smallest absolute Gasteiger partial charge is 0.223 e. The van der Waals surface area contributed by atoms with Gasteiger partial charge in [0, 0.05) is 29.9 Å². The van der Waals surface area contributed by atoms with Crippen molar-refractivity contribution in [1.29, 1.82) is 0 Å². The summed E-state index contributed by atoms with van der Waals surface area (Å²) in [5.74, 6) is 1.61. The number of hydrogen-bond donors (Lipinski definition) is 3. The number of carbonyl (C=O) groups excluding carboxylic acids is 1. The summed E-state index contributed by atoms with van der Waals surface area (Å²) < 4.78 is 0. The molecule has 3 heterocycles. The van der Waals surface area contributed by atoms with E-state index < -0.39 is 0 Å². The molecule has 1 aromatic heterocycles. The molecule has 1 saturated carbocycles. The molecule has 0 radical (unpaired) electrons. The highest BCUT2D eigenvalue weighted by atomic mass is 16.2. The number of rotatable bonds is 3. The monoisotopic (exact) mass is 390 g/mol. The molecule has 3 fully saturated rings. The van der Waals surface area contributed by atoms with Crippen LogP contribution >= 0.6 is 0 Å². The van der Waals surface area contributed by atoms with Crippen molar-refractivity contribution in [1.82, 2.24) is 21.2 Å². The van der Waals surface area contributed by atoms with Gasteiger partial charge in [-0.3, -0.25) is 15.2 Å². The Morgan fingerprint density at radius 3 is 2.66 bits per heavy atom. The number of piperidine rings is 1. The van der Waals surface area contributed by atoms with Crippen LogP contribution in [0.1, 0.15) is 55.0 Å². The summed E-state index contributed by atoms with van der Waals surface area (Å²) in [6, 6.07) is 15.8. The van der Waals surface area contributed by atoms with Crippen molar-refractivity contribution in [2.45, 2.75) is 57.2 Å². The molecule has 2 aromatic rings. The van der Waals surface area contributed by atoms with Crippen LogP contribution in [0.5, 0.6) is 0 Å².